The van der Waals surface area contributed by atoms with Gasteiger partial charge in [0.15, 0.2) is 0 Å². The zero-order valence-corrected chi connectivity index (χ0v) is 10.1. The molecule has 2 heteroatoms. The van der Waals surface area contributed by atoms with Crippen LogP contribution in [0.1, 0.15) is 19.4 Å². The fourth-order valence-electron chi connectivity index (χ4n) is 1.43. The Bertz CT molecular complexity index is 327. The highest BCUT2D eigenvalue weighted by Crippen LogP contribution is 2.16. The maximum atomic E-state index is 6.06. The molecule has 1 aromatic carbocycles. The zero-order chi connectivity index (χ0) is 11.4. The van der Waals surface area contributed by atoms with Gasteiger partial charge in [0.1, 0.15) is 0 Å². The first-order valence-electron chi connectivity index (χ1n) is 5.19. The molecule has 15 heavy (non-hydrogen) atoms. The highest BCUT2D eigenvalue weighted by Gasteiger charge is 2.10. The Kier molecular flexibility index (Phi) is 4.37. The minimum atomic E-state index is 0.0335. The van der Waals surface area contributed by atoms with Gasteiger partial charge in [0.05, 0.1) is 0 Å². The van der Waals surface area contributed by atoms with E-state index in [1.54, 1.807) is 0 Å². The lowest BCUT2D eigenvalue weighted by atomic mass is 9.93. The molecule has 0 aromatic heterocycles. The molecular weight excluding hydrogens is 206 g/mol. The monoisotopic (exact) mass is 223 g/mol. The van der Waals surface area contributed by atoms with Crippen LogP contribution in [0.15, 0.2) is 36.4 Å². The van der Waals surface area contributed by atoms with E-state index in [0.717, 1.165) is 17.0 Å². The minimum Gasteiger partial charge on any atom is -0.324 e. The van der Waals surface area contributed by atoms with Crippen molar-refractivity contribution in [1.82, 2.24) is 0 Å². The maximum absolute atomic E-state index is 6.06. The van der Waals surface area contributed by atoms with Crippen molar-refractivity contribution in [1.29, 1.82) is 0 Å². The first-order valence-corrected chi connectivity index (χ1v) is 5.57. The van der Waals surface area contributed by atoms with Crippen molar-refractivity contribution < 1.29 is 0 Å². The Balaban J connectivity index is 2.62. The van der Waals surface area contributed by atoms with Crippen molar-refractivity contribution in [2.75, 3.05) is 0 Å². The Hall–Kier alpha value is -0.790. The lowest BCUT2D eigenvalue weighted by Crippen LogP contribution is -2.27. The molecule has 0 saturated heterocycles. The van der Waals surface area contributed by atoms with Crippen molar-refractivity contribution in [2.45, 2.75) is 26.3 Å². The summed E-state index contributed by atoms with van der Waals surface area (Å²) in [5.41, 5.74) is 8.36. The van der Waals surface area contributed by atoms with E-state index in [1.165, 1.54) is 5.56 Å². The fourth-order valence-corrected chi connectivity index (χ4v) is 1.56. The van der Waals surface area contributed by atoms with Gasteiger partial charge in [0, 0.05) is 11.1 Å². The van der Waals surface area contributed by atoms with Gasteiger partial charge < -0.3 is 5.73 Å². The number of nitrogens with two attached hydrogens (primary N) is 1. The summed E-state index contributed by atoms with van der Waals surface area (Å²) in [6, 6.07) is 7.83. The lowest BCUT2D eigenvalue weighted by molar-refractivity contribution is 0.642. The molecule has 0 radical (unpaired) electrons. The molecule has 1 nitrogen and oxygen atoms in total. The first kappa shape index (κ1) is 12.3. The lowest BCUT2D eigenvalue weighted by Gasteiger charge is -2.17. The molecule has 1 atom stereocenters. The predicted octanol–water partition coefficient (Wildman–Crippen LogP) is 3.42. The largest absolute Gasteiger partial charge is 0.324 e. The molecule has 0 amide bonds. The second kappa shape index (κ2) is 5.34. The SMILES string of the molecule is C=C(C(C)C)[C@@H](N)Cc1ccc(Cl)cc1. The van der Waals surface area contributed by atoms with E-state index in [4.69, 9.17) is 17.3 Å². The number of benzene rings is 1. The summed E-state index contributed by atoms with van der Waals surface area (Å²) < 4.78 is 0. The quantitative estimate of drug-likeness (QED) is 0.778. The average molecular weight is 224 g/mol. The summed E-state index contributed by atoms with van der Waals surface area (Å²) in [6.07, 6.45) is 0.828. The standard InChI is InChI=1S/C13H18ClN/c1-9(2)10(3)13(15)8-11-4-6-12(14)7-5-11/h4-7,9,13H,3,8,15H2,1-2H3/t13-/m0/s1. The molecule has 0 aliphatic rings. The molecule has 0 saturated carbocycles. The molecule has 0 spiro atoms. The van der Waals surface area contributed by atoms with E-state index < -0.39 is 0 Å². The Morgan fingerprint density at radius 2 is 1.87 bits per heavy atom. The van der Waals surface area contributed by atoms with Gasteiger partial charge in [-0.25, -0.2) is 0 Å². The molecule has 0 unspecified atom stereocenters. The van der Waals surface area contributed by atoms with E-state index >= 15 is 0 Å². The predicted molar refractivity (Wildman–Crippen MR) is 67.1 cm³/mol. The Labute approximate surface area is 96.9 Å². The van der Waals surface area contributed by atoms with Crippen LogP contribution in [0.4, 0.5) is 0 Å². The molecule has 0 bridgehead atoms. The van der Waals surface area contributed by atoms with E-state index in [1.807, 2.05) is 24.3 Å². The Morgan fingerprint density at radius 3 is 2.33 bits per heavy atom. The summed E-state index contributed by atoms with van der Waals surface area (Å²) in [6.45, 7) is 8.25. The summed E-state index contributed by atoms with van der Waals surface area (Å²) in [4.78, 5) is 0. The van der Waals surface area contributed by atoms with Gasteiger partial charge in [0.2, 0.25) is 0 Å². The van der Waals surface area contributed by atoms with Gasteiger partial charge in [-0.15, -0.1) is 0 Å². The van der Waals surface area contributed by atoms with Gasteiger partial charge in [0.25, 0.3) is 0 Å². The van der Waals surface area contributed by atoms with E-state index in [0.29, 0.717) is 5.92 Å². The smallest absolute Gasteiger partial charge is 0.0406 e. The van der Waals surface area contributed by atoms with Crippen molar-refractivity contribution >= 4 is 11.6 Å². The topological polar surface area (TPSA) is 26.0 Å². The summed E-state index contributed by atoms with van der Waals surface area (Å²) >= 11 is 5.81. The van der Waals surface area contributed by atoms with E-state index in [2.05, 4.69) is 20.4 Å². The van der Waals surface area contributed by atoms with Crippen LogP contribution in [0.5, 0.6) is 0 Å². The molecule has 0 aliphatic heterocycles. The van der Waals surface area contributed by atoms with Gasteiger partial charge in [-0.1, -0.05) is 49.7 Å². The summed E-state index contributed by atoms with van der Waals surface area (Å²) in [7, 11) is 0. The van der Waals surface area contributed by atoms with Gasteiger partial charge >= 0.3 is 0 Å². The molecular formula is C13H18ClN. The van der Waals surface area contributed by atoms with Crippen LogP contribution >= 0.6 is 11.6 Å². The number of halogens is 1. The maximum Gasteiger partial charge on any atom is 0.0406 e. The molecule has 1 rings (SSSR count). The van der Waals surface area contributed by atoms with Crippen molar-refractivity contribution in [2.24, 2.45) is 11.7 Å². The molecule has 0 fully saturated rings. The second-order valence-corrected chi connectivity index (χ2v) is 4.60. The second-order valence-electron chi connectivity index (χ2n) is 4.17. The number of rotatable bonds is 4. The van der Waals surface area contributed by atoms with Gasteiger partial charge in [-0.3, -0.25) is 0 Å². The van der Waals surface area contributed by atoms with Crippen molar-refractivity contribution in [3.63, 3.8) is 0 Å². The highest BCUT2D eigenvalue weighted by atomic mass is 35.5. The minimum absolute atomic E-state index is 0.0335. The fraction of sp³-hybridized carbons (Fsp3) is 0.385. The normalized spacial score (nSPS) is 12.9. The first-order chi connectivity index (χ1) is 7.00. The van der Waals surface area contributed by atoms with Crippen LogP contribution < -0.4 is 5.73 Å². The van der Waals surface area contributed by atoms with Crippen LogP contribution in [-0.4, -0.2) is 6.04 Å². The third-order valence-corrected chi connectivity index (χ3v) is 2.84. The molecule has 0 aliphatic carbocycles. The summed E-state index contributed by atoms with van der Waals surface area (Å²) in [5, 5.41) is 0.759. The highest BCUT2D eigenvalue weighted by molar-refractivity contribution is 6.30. The Morgan fingerprint density at radius 1 is 1.33 bits per heavy atom. The van der Waals surface area contributed by atoms with E-state index in [-0.39, 0.29) is 6.04 Å². The van der Waals surface area contributed by atoms with Crippen LogP contribution in [0.25, 0.3) is 0 Å². The molecule has 2 N–H and O–H groups in total. The number of hydrogen-bond acceptors (Lipinski definition) is 1. The third-order valence-electron chi connectivity index (χ3n) is 2.59. The zero-order valence-electron chi connectivity index (χ0n) is 9.33. The van der Waals surface area contributed by atoms with Gasteiger partial charge in [-0.2, -0.15) is 0 Å². The van der Waals surface area contributed by atoms with Crippen LogP contribution in [0.3, 0.4) is 0 Å². The van der Waals surface area contributed by atoms with Crippen LogP contribution in [0.2, 0.25) is 5.02 Å². The van der Waals surface area contributed by atoms with Crippen molar-refractivity contribution in [3.05, 3.63) is 47.0 Å². The van der Waals surface area contributed by atoms with Crippen molar-refractivity contribution in [3.8, 4) is 0 Å². The number of hydrogen-bond donors (Lipinski definition) is 1. The molecule has 1 aromatic rings. The molecule has 82 valence electrons. The third kappa shape index (κ3) is 3.69. The summed E-state index contributed by atoms with van der Waals surface area (Å²) in [5.74, 6) is 0.437. The van der Waals surface area contributed by atoms with E-state index in [9.17, 15) is 0 Å². The van der Waals surface area contributed by atoms with Crippen LogP contribution in [-0.2, 0) is 6.42 Å². The average Bonchev–Trinajstić information content (AvgIpc) is 2.20. The van der Waals surface area contributed by atoms with Gasteiger partial charge in [-0.05, 0) is 30.0 Å². The molecule has 0 heterocycles. The van der Waals surface area contributed by atoms with Crippen LogP contribution in [0, 0.1) is 5.92 Å².